The molecular weight excluding hydrogens is 370 g/mol. The average Bonchev–Trinajstić information content (AvgIpc) is 2.93. The summed E-state index contributed by atoms with van der Waals surface area (Å²) in [6, 6.07) is 8.31. The first kappa shape index (κ1) is 20.5. The zero-order valence-corrected chi connectivity index (χ0v) is 18.2. The molecule has 3 rings (SSSR count). The van der Waals surface area contributed by atoms with Gasteiger partial charge in [-0.3, -0.25) is 4.72 Å². The molecule has 0 aliphatic heterocycles. The van der Waals surface area contributed by atoms with E-state index >= 15 is 0 Å². The quantitative estimate of drug-likeness (QED) is 0.583. The zero-order valence-electron chi connectivity index (χ0n) is 17.4. The van der Waals surface area contributed by atoms with E-state index in [0.29, 0.717) is 17.7 Å². The van der Waals surface area contributed by atoms with Crippen molar-refractivity contribution in [2.24, 2.45) is 5.92 Å². The minimum atomic E-state index is -0.0224. The summed E-state index contributed by atoms with van der Waals surface area (Å²) in [7, 11) is 1.64. The highest BCUT2D eigenvalue weighted by molar-refractivity contribution is 7.97. The van der Waals surface area contributed by atoms with Gasteiger partial charge in [0.15, 0.2) is 0 Å². The number of anilines is 1. The maximum absolute atomic E-state index is 6.14. The number of nitrogens with two attached hydrogens (primary N) is 1. The van der Waals surface area contributed by atoms with Crippen molar-refractivity contribution in [1.29, 1.82) is 0 Å². The summed E-state index contributed by atoms with van der Waals surface area (Å²) in [5.41, 5.74) is 10.2. The van der Waals surface area contributed by atoms with Gasteiger partial charge in [0.05, 0.1) is 23.0 Å². The number of nitrogens with one attached hydrogen (secondary N) is 1. The van der Waals surface area contributed by atoms with Gasteiger partial charge in [0.25, 0.3) is 0 Å². The minimum absolute atomic E-state index is 0.0224. The molecule has 2 aromatic heterocycles. The lowest BCUT2D eigenvalue weighted by Gasteiger charge is -2.20. The number of fused-ring (bicyclic) bond motifs is 1. The van der Waals surface area contributed by atoms with Gasteiger partial charge in [-0.05, 0) is 62.4 Å². The summed E-state index contributed by atoms with van der Waals surface area (Å²) < 4.78 is 10.9. The summed E-state index contributed by atoms with van der Waals surface area (Å²) in [5, 5.41) is 0. The molecule has 3 aromatic rings. The molecule has 0 fully saturated rings. The molecule has 0 radical (unpaired) electrons. The fraction of sp³-hybridized carbons (Fsp3) is 0.429. The fourth-order valence-electron chi connectivity index (χ4n) is 2.90. The lowest BCUT2D eigenvalue weighted by Crippen LogP contribution is -2.29. The Morgan fingerprint density at radius 3 is 2.61 bits per heavy atom. The number of pyridine rings is 1. The Labute approximate surface area is 171 Å². The molecular formula is C21H29N5OS. The van der Waals surface area contributed by atoms with E-state index in [1.807, 2.05) is 12.3 Å². The van der Waals surface area contributed by atoms with Crippen LogP contribution in [0.15, 0.2) is 35.4 Å². The molecule has 3 N–H and O–H groups in total. The predicted molar refractivity (Wildman–Crippen MR) is 118 cm³/mol. The second-order valence-electron chi connectivity index (χ2n) is 8.36. The third-order valence-corrected chi connectivity index (χ3v) is 5.36. The molecule has 6 nitrogen and oxygen atoms in total. The first-order valence-electron chi connectivity index (χ1n) is 9.42. The highest BCUT2D eigenvalue weighted by Crippen LogP contribution is 2.33. The number of imidazole rings is 1. The van der Waals surface area contributed by atoms with Crippen LogP contribution in [0.4, 0.5) is 5.95 Å². The number of hydrogen-bond acceptors (Lipinski definition) is 6. The van der Waals surface area contributed by atoms with E-state index in [9.17, 15) is 0 Å². The molecule has 150 valence electrons. The number of aromatic nitrogens is 3. The normalized spacial score (nSPS) is 12.1. The minimum Gasteiger partial charge on any atom is -0.480 e. The number of rotatable bonds is 6. The topological polar surface area (TPSA) is 78.0 Å². The van der Waals surface area contributed by atoms with Crippen molar-refractivity contribution in [3.05, 3.63) is 30.5 Å². The summed E-state index contributed by atoms with van der Waals surface area (Å²) >= 11 is 1.53. The molecule has 0 bridgehead atoms. The van der Waals surface area contributed by atoms with Crippen molar-refractivity contribution in [1.82, 2.24) is 19.3 Å². The third kappa shape index (κ3) is 4.59. The fourth-order valence-corrected chi connectivity index (χ4v) is 3.73. The van der Waals surface area contributed by atoms with Crippen molar-refractivity contribution < 1.29 is 4.74 Å². The van der Waals surface area contributed by atoms with Gasteiger partial charge >= 0.3 is 0 Å². The van der Waals surface area contributed by atoms with Crippen LogP contribution >= 0.6 is 11.9 Å². The van der Waals surface area contributed by atoms with Crippen molar-refractivity contribution in [2.75, 3.05) is 12.8 Å². The van der Waals surface area contributed by atoms with E-state index in [1.54, 1.807) is 7.11 Å². The van der Waals surface area contributed by atoms with Gasteiger partial charge in [-0.2, -0.15) is 0 Å². The molecule has 0 saturated carbocycles. The van der Waals surface area contributed by atoms with Crippen molar-refractivity contribution >= 4 is 28.9 Å². The number of nitrogen functional groups attached to an aromatic ring is 1. The number of hydrogen-bond donors (Lipinski definition) is 2. The van der Waals surface area contributed by atoms with Crippen LogP contribution in [-0.2, 0) is 6.54 Å². The van der Waals surface area contributed by atoms with Gasteiger partial charge < -0.3 is 15.0 Å². The van der Waals surface area contributed by atoms with Crippen LogP contribution in [0.1, 0.15) is 34.6 Å². The van der Waals surface area contributed by atoms with Gasteiger partial charge in [-0.15, -0.1) is 0 Å². The van der Waals surface area contributed by atoms with Crippen molar-refractivity contribution in [2.45, 2.75) is 51.6 Å². The van der Waals surface area contributed by atoms with E-state index in [2.05, 4.69) is 72.1 Å². The van der Waals surface area contributed by atoms with Crippen LogP contribution in [0.2, 0.25) is 0 Å². The number of ether oxygens (including phenoxy) is 1. The summed E-state index contributed by atoms with van der Waals surface area (Å²) in [4.78, 5) is 9.94. The maximum Gasteiger partial charge on any atom is 0.228 e. The highest BCUT2D eigenvalue weighted by atomic mass is 32.2. The molecule has 2 heterocycles. The number of nitrogens with zero attached hydrogens (tertiary/aromatic N) is 3. The molecule has 0 atom stereocenters. The Morgan fingerprint density at radius 1 is 1.21 bits per heavy atom. The van der Waals surface area contributed by atoms with Crippen LogP contribution in [0.3, 0.4) is 0 Å². The molecule has 1 aromatic carbocycles. The second kappa shape index (κ2) is 8.01. The monoisotopic (exact) mass is 399 g/mol. The Bertz CT molecular complexity index is 975. The van der Waals surface area contributed by atoms with Gasteiger partial charge in [0.1, 0.15) is 0 Å². The molecule has 28 heavy (non-hydrogen) atoms. The molecule has 0 saturated heterocycles. The van der Waals surface area contributed by atoms with Crippen LogP contribution < -0.4 is 15.2 Å². The van der Waals surface area contributed by atoms with Crippen LogP contribution in [0.5, 0.6) is 5.88 Å². The van der Waals surface area contributed by atoms with Gasteiger partial charge in [0, 0.05) is 23.8 Å². The molecule has 0 aliphatic carbocycles. The molecule has 7 heteroatoms. The van der Waals surface area contributed by atoms with Gasteiger partial charge in [-0.1, -0.05) is 19.9 Å². The largest absolute Gasteiger partial charge is 0.480 e. The van der Waals surface area contributed by atoms with Crippen LogP contribution in [0.25, 0.3) is 22.2 Å². The molecule has 0 aliphatic rings. The summed E-state index contributed by atoms with van der Waals surface area (Å²) in [6.07, 6.45) is 1.84. The lowest BCUT2D eigenvalue weighted by atomic mass is 10.1. The molecule has 0 amide bonds. The van der Waals surface area contributed by atoms with Crippen molar-refractivity contribution in [3.63, 3.8) is 0 Å². The number of methoxy groups -OCH3 is 1. The third-order valence-electron chi connectivity index (χ3n) is 4.14. The Balaban J connectivity index is 2.01. The van der Waals surface area contributed by atoms with E-state index in [4.69, 9.17) is 10.5 Å². The Kier molecular flexibility index (Phi) is 5.86. The maximum atomic E-state index is 6.14. The number of benzene rings is 1. The molecule has 0 unspecified atom stereocenters. The summed E-state index contributed by atoms with van der Waals surface area (Å²) in [5.74, 6) is 1.65. The van der Waals surface area contributed by atoms with E-state index in [0.717, 1.165) is 33.6 Å². The Hall–Kier alpha value is -2.25. The SMILES string of the molecule is COc1ncc(-c2ccc3nc(N)n(CC(C)C)c3c2)cc1SNC(C)(C)C. The lowest BCUT2D eigenvalue weighted by molar-refractivity contribution is 0.387. The van der Waals surface area contributed by atoms with Crippen LogP contribution in [-0.4, -0.2) is 27.2 Å². The highest BCUT2D eigenvalue weighted by Gasteiger charge is 2.15. The predicted octanol–water partition coefficient (Wildman–Crippen LogP) is 4.74. The first-order valence-corrected chi connectivity index (χ1v) is 10.2. The van der Waals surface area contributed by atoms with Gasteiger partial charge in [0.2, 0.25) is 11.8 Å². The standard InChI is InChI=1S/C21H29N5OS/c1-13(2)12-26-17-9-14(7-8-16(17)24-20(26)22)15-10-18(19(27-6)23-11-15)28-25-21(3,4)5/h7-11,13,25H,12H2,1-6H3,(H2,22,24). The van der Waals surface area contributed by atoms with Crippen LogP contribution in [0, 0.1) is 5.92 Å². The van der Waals surface area contributed by atoms with Gasteiger partial charge in [-0.25, -0.2) is 9.97 Å². The van der Waals surface area contributed by atoms with E-state index < -0.39 is 0 Å². The smallest absolute Gasteiger partial charge is 0.228 e. The Morgan fingerprint density at radius 2 is 1.96 bits per heavy atom. The molecule has 0 spiro atoms. The zero-order chi connectivity index (χ0) is 20.5. The first-order chi connectivity index (χ1) is 13.2. The average molecular weight is 400 g/mol. The van der Waals surface area contributed by atoms with E-state index in [-0.39, 0.29) is 5.54 Å². The van der Waals surface area contributed by atoms with Crippen molar-refractivity contribution in [3.8, 4) is 17.0 Å². The summed E-state index contributed by atoms with van der Waals surface area (Å²) in [6.45, 7) is 11.6. The van der Waals surface area contributed by atoms with E-state index in [1.165, 1.54) is 11.9 Å². The second-order valence-corrected chi connectivity index (χ2v) is 9.21.